The first-order valence-corrected chi connectivity index (χ1v) is 9.04. The van der Waals surface area contributed by atoms with Gasteiger partial charge >= 0.3 is 0 Å². The number of para-hydroxylation sites is 1. The summed E-state index contributed by atoms with van der Waals surface area (Å²) >= 11 is 0. The topological polar surface area (TPSA) is 41.6 Å². The highest BCUT2D eigenvalue weighted by molar-refractivity contribution is 5.90. The molecule has 4 heteroatoms. The molecule has 25 heavy (non-hydrogen) atoms. The number of nitrogens with zero attached hydrogens (tertiary/aromatic N) is 1. The van der Waals surface area contributed by atoms with Crippen LogP contribution in [0.15, 0.2) is 54.6 Å². The molecule has 3 rings (SSSR count). The minimum absolute atomic E-state index is 0.0651. The van der Waals surface area contributed by atoms with Gasteiger partial charge in [0, 0.05) is 18.7 Å². The average Bonchev–Trinajstić information content (AvgIpc) is 2.64. The minimum Gasteiger partial charge on any atom is -0.457 e. The van der Waals surface area contributed by atoms with Gasteiger partial charge in [0.1, 0.15) is 11.5 Å². The van der Waals surface area contributed by atoms with Crippen LogP contribution in [0.5, 0.6) is 11.5 Å². The van der Waals surface area contributed by atoms with E-state index < -0.39 is 0 Å². The fraction of sp³-hybridized carbons (Fsp3) is 0.381. The zero-order valence-corrected chi connectivity index (χ0v) is 14.8. The summed E-state index contributed by atoms with van der Waals surface area (Å²) in [6.07, 6.45) is 3.02. The summed E-state index contributed by atoms with van der Waals surface area (Å²) in [4.78, 5) is 14.5. The third-order valence-corrected chi connectivity index (χ3v) is 4.65. The highest BCUT2D eigenvalue weighted by Crippen LogP contribution is 2.22. The summed E-state index contributed by atoms with van der Waals surface area (Å²) < 4.78 is 5.75. The Bertz CT molecular complexity index is 662. The van der Waals surface area contributed by atoms with Crippen molar-refractivity contribution in [2.75, 3.05) is 25.0 Å². The third-order valence-electron chi connectivity index (χ3n) is 4.65. The molecule has 0 bridgehead atoms. The zero-order valence-electron chi connectivity index (χ0n) is 14.8. The average molecular weight is 338 g/mol. The molecule has 1 aliphatic heterocycles. The van der Waals surface area contributed by atoms with Crippen molar-refractivity contribution in [3.05, 3.63) is 54.6 Å². The quantitative estimate of drug-likeness (QED) is 0.841. The lowest BCUT2D eigenvalue weighted by Gasteiger charge is -2.29. The molecule has 1 aliphatic rings. The van der Waals surface area contributed by atoms with Gasteiger partial charge in [0.25, 0.3) is 0 Å². The van der Waals surface area contributed by atoms with Crippen LogP contribution in [-0.2, 0) is 4.79 Å². The van der Waals surface area contributed by atoms with Gasteiger partial charge in [0.05, 0.1) is 0 Å². The van der Waals surface area contributed by atoms with Crippen molar-refractivity contribution in [3.8, 4) is 11.5 Å². The number of amides is 1. The molecule has 1 heterocycles. The minimum atomic E-state index is 0.0651. The maximum atomic E-state index is 12.1. The second-order valence-electron chi connectivity index (χ2n) is 6.76. The Kier molecular flexibility index (Phi) is 6.07. The fourth-order valence-electron chi connectivity index (χ4n) is 3.00. The summed E-state index contributed by atoms with van der Waals surface area (Å²) in [5, 5.41) is 2.96. The first-order valence-electron chi connectivity index (χ1n) is 9.04. The van der Waals surface area contributed by atoms with E-state index in [2.05, 4.69) is 17.1 Å². The number of likely N-dealkylation sites (tertiary alicyclic amines) is 1. The highest BCUT2D eigenvalue weighted by atomic mass is 16.5. The van der Waals surface area contributed by atoms with E-state index in [1.807, 2.05) is 54.6 Å². The molecule has 0 aromatic heterocycles. The Morgan fingerprint density at radius 3 is 2.36 bits per heavy atom. The third kappa shape index (κ3) is 5.61. The number of ether oxygens (including phenoxy) is 1. The molecule has 1 amide bonds. The van der Waals surface area contributed by atoms with E-state index in [0.717, 1.165) is 42.7 Å². The van der Waals surface area contributed by atoms with Crippen molar-refractivity contribution >= 4 is 11.6 Å². The highest BCUT2D eigenvalue weighted by Gasteiger charge is 2.16. The van der Waals surface area contributed by atoms with Gasteiger partial charge in [-0.25, -0.2) is 0 Å². The van der Waals surface area contributed by atoms with Gasteiger partial charge in [0.2, 0.25) is 5.91 Å². The van der Waals surface area contributed by atoms with Crippen LogP contribution in [0.3, 0.4) is 0 Å². The van der Waals surface area contributed by atoms with Gasteiger partial charge < -0.3 is 15.0 Å². The predicted molar refractivity (Wildman–Crippen MR) is 101 cm³/mol. The van der Waals surface area contributed by atoms with Gasteiger partial charge in [-0.2, -0.15) is 0 Å². The number of rotatable bonds is 6. The van der Waals surface area contributed by atoms with Gasteiger partial charge in [0.15, 0.2) is 0 Å². The summed E-state index contributed by atoms with van der Waals surface area (Å²) in [5.74, 6) is 2.44. The molecule has 4 nitrogen and oxygen atoms in total. The van der Waals surface area contributed by atoms with Crippen molar-refractivity contribution in [1.29, 1.82) is 0 Å². The number of hydrogen-bond acceptors (Lipinski definition) is 3. The van der Waals surface area contributed by atoms with Gasteiger partial charge in [-0.15, -0.1) is 0 Å². The monoisotopic (exact) mass is 338 g/mol. The first-order chi connectivity index (χ1) is 12.2. The van der Waals surface area contributed by atoms with E-state index in [1.165, 1.54) is 12.8 Å². The van der Waals surface area contributed by atoms with Crippen LogP contribution >= 0.6 is 0 Å². The number of carbonyl (C=O) groups excluding carboxylic acids is 1. The lowest BCUT2D eigenvalue weighted by molar-refractivity contribution is -0.116. The smallest absolute Gasteiger partial charge is 0.225 e. The molecule has 132 valence electrons. The normalized spacial score (nSPS) is 15.7. The summed E-state index contributed by atoms with van der Waals surface area (Å²) in [5.41, 5.74) is 0.803. The van der Waals surface area contributed by atoms with E-state index >= 15 is 0 Å². The van der Waals surface area contributed by atoms with E-state index in [1.54, 1.807) is 0 Å². The van der Waals surface area contributed by atoms with Crippen molar-refractivity contribution in [3.63, 3.8) is 0 Å². The molecule has 1 fully saturated rings. The molecule has 0 unspecified atom stereocenters. The molecule has 1 N–H and O–H groups in total. The van der Waals surface area contributed by atoms with Crippen LogP contribution in [0.1, 0.15) is 26.2 Å². The predicted octanol–water partition coefficient (Wildman–Crippen LogP) is 4.54. The SMILES string of the molecule is CC1CCN(CCC(=O)Nc2ccc(Oc3ccccc3)cc2)CC1. The van der Waals surface area contributed by atoms with E-state index in [4.69, 9.17) is 4.74 Å². The molecule has 0 atom stereocenters. The maximum absolute atomic E-state index is 12.1. The molecule has 2 aromatic carbocycles. The zero-order chi connectivity index (χ0) is 17.5. The number of nitrogens with one attached hydrogen (secondary N) is 1. The second kappa shape index (κ2) is 8.67. The van der Waals surface area contributed by atoms with Gasteiger partial charge in [-0.05, 0) is 68.2 Å². The Hall–Kier alpha value is -2.33. The molecule has 1 saturated heterocycles. The van der Waals surface area contributed by atoms with E-state index in [-0.39, 0.29) is 5.91 Å². The Balaban J connectivity index is 1.44. The second-order valence-corrected chi connectivity index (χ2v) is 6.76. The molecule has 0 radical (unpaired) electrons. The lowest BCUT2D eigenvalue weighted by atomic mass is 9.99. The number of carbonyl (C=O) groups is 1. The largest absolute Gasteiger partial charge is 0.457 e. The Labute approximate surface area is 149 Å². The van der Waals surface area contributed by atoms with Gasteiger partial charge in [-0.3, -0.25) is 4.79 Å². The van der Waals surface area contributed by atoms with Crippen LogP contribution in [0.4, 0.5) is 5.69 Å². The maximum Gasteiger partial charge on any atom is 0.225 e. The van der Waals surface area contributed by atoms with Crippen molar-refractivity contribution in [2.45, 2.75) is 26.2 Å². The van der Waals surface area contributed by atoms with E-state index in [9.17, 15) is 4.79 Å². The van der Waals surface area contributed by atoms with Crippen LogP contribution in [0, 0.1) is 5.92 Å². The van der Waals surface area contributed by atoms with Crippen molar-refractivity contribution in [1.82, 2.24) is 4.90 Å². The molecular weight excluding hydrogens is 312 g/mol. The number of hydrogen-bond donors (Lipinski definition) is 1. The first kappa shape index (κ1) is 17.5. The molecular formula is C21H26N2O2. The summed E-state index contributed by atoms with van der Waals surface area (Å²) in [6, 6.07) is 17.1. The summed E-state index contributed by atoms with van der Waals surface area (Å²) in [7, 11) is 0. The molecule has 0 saturated carbocycles. The number of anilines is 1. The molecule has 0 spiro atoms. The van der Waals surface area contributed by atoms with Crippen LogP contribution < -0.4 is 10.1 Å². The van der Waals surface area contributed by atoms with Crippen LogP contribution in [-0.4, -0.2) is 30.4 Å². The van der Waals surface area contributed by atoms with Crippen molar-refractivity contribution in [2.24, 2.45) is 5.92 Å². The van der Waals surface area contributed by atoms with Crippen LogP contribution in [0.25, 0.3) is 0 Å². The Morgan fingerprint density at radius 1 is 1.04 bits per heavy atom. The van der Waals surface area contributed by atoms with Crippen LogP contribution in [0.2, 0.25) is 0 Å². The van der Waals surface area contributed by atoms with Gasteiger partial charge in [-0.1, -0.05) is 25.1 Å². The van der Waals surface area contributed by atoms with E-state index in [0.29, 0.717) is 6.42 Å². The summed E-state index contributed by atoms with van der Waals surface area (Å²) in [6.45, 7) is 5.36. The fourth-order valence-corrected chi connectivity index (χ4v) is 3.00. The molecule has 0 aliphatic carbocycles. The molecule has 2 aromatic rings. The number of benzene rings is 2. The Morgan fingerprint density at radius 2 is 1.68 bits per heavy atom. The van der Waals surface area contributed by atoms with Crippen molar-refractivity contribution < 1.29 is 9.53 Å². The lowest BCUT2D eigenvalue weighted by Crippen LogP contribution is -2.35. The number of piperidine rings is 1. The standard InChI is InChI=1S/C21H26N2O2/c1-17-11-14-23(15-12-17)16-13-21(24)22-18-7-9-20(10-8-18)25-19-5-3-2-4-6-19/h2-10,17H,11-16H2,1H3,(H,22,24).